The highest BCUT2D eigenvalue weighted by molar-refractivity contribution is 7.15. The topological polar surface area (TPSA) is 75.2 Å². The highest BCUT2D eigenvalue weighted by Crippen LogP contribution is 2.30. The van der Waals surface area contributed by atoms with Crippen LogP contribution in [0.4, 0.5) is 10.8 Å². The SMILES string of the molecule is Cc1ccc(N2C[C@H](C(=O)Nc3nnc(CC(C)(C)C)s3)CC2=O)cc1Cl. The fraction of sp³-hybridized carbons (Fsp3) is 0.474. The van der Waals surface area contributed by atoms with Gasteiger partial charge in [0.05, 0.1) is 5.92 Å². The summed E-state index contributed by atoms with van der Waals surface area (Å²) < 4.78 is 0. The molecular weight excluding hydrogens is 384 g/mol. The molecule has 8 heteroatoms. The molecule has 144 valence electrons. The van der Waals surface area contributed by atoms with Crippen LogP contribution in [0.3, 0.4) is 0 Å². The molecule has 1 fully saturated rings. The van der Waals surface area contributed by atoms with E-state index in [1.807, 2.05) is 19.1 Å². The molecule has 0 radical (unpaired) electrons. The van der Waals surface area contributed by atoms with E-state index in [9.17, 15) is 9.59 Å². The van der Waals surface area contributed by atoms with Gasteiger partial charge in [-0.3, -0.25) is 9.59 Å². The Morgan fingerprint density at radius 3 is 2.78 bits per heavy atom. The average Bonchev–Trinajstić information content (AvgIpc) is 3.15. The minimum Gasteiger partial charge on any atom is -0.312 e. The van der Waals surface area contributed by atoms with Crippen molar-refractivity contribution in [2.75, 3.05) is 16.8 Å². The molecule has 27 heavy (non-hydrogen) atoms. The summed E-state index contributed by atoms with van der Waals surface area (Å²) in [4.78, 5) is 26.6. The van der Waals surface area contributed by atoms with Crippen LogP contribution in [-0.4, -0.2) is 28.6 Å². The van der Waals surface area contributed by atoms with Crippen LogP contribution < -0.4 is 10.2 Å². The fourth-order valence-corrected chi connectivity index (χ4v) is 4.14. The van der Waals surface area contributed by atoms with Gasteiger partial charge in [-0.05, 0) is 30.0 Å². The van der Waals surface area contributed by atoms with Crippen LogP contribution >= 0.6 is 22.9 Å². The third kappa shape index (κ3) is 4.84. The maximum absolute atomic E-state index is 12.6. The third-order valence-corrected chi connectivity index (χ3v) is 5.59. The number of aromatic nitrogens is 2. The molecule has 1 aliphatic heterocycles. The number of benzene rings is 1. The molecule has 3 rings (SSSR count). The highest BCUT2D eigenvalue weighted by atomic mass is 35.5. The van der Waals surface area contributed by atoms with Crippen LogP contribution in [0.1, 0.15) is 37.8 Å². The number of halogens is 1. The van der Waals surface area contributed by atoms with Crippen molar-refractivity contribution in [1.82, 2.24) is 10.2 Å². The van der Waals surface area contributed by atoms with E-state index < -0.39 is 5.92 Å². The summed E-state index contributed by atoms with van der Waals surface area (Å²) >= 11 is 7.54. The molecule has 2 aromatic rings. The maximum atomic E-state index is 12.6. The van der Waals surface area contributed by atoms with E-state index in [0.29, 0.717) is 22.4 Å². The zero-order chi connectivity index (χ0) is 19.8. The van der Waals surface area contributed by atoms with Gasteiger partial charge >= 0.3 is 0 Å². The first-order valence-electron chi connectivity index (χ1n) is 8.82. The van der Waals surface area contributed by atoms with E-state index in [2.05, 4.69) is 36.3 Å². The number of nitrogens with one attached hydrogen (secondary N) is 1. The van der Waals surface area contributed by atoms with Crippen molar-refractivity contribution in [3.05, 3.63) is 33.8 Å². The van der Waals surface area contributed by atoms with Crippen molar-refractivity contribution in [3.8, 4) is 0 Å². The van der Waals surface area contributed by atoms with Crippen LogP contribution in [0.25, 0.3) is 0 Å². The van der Waals surface area contributed by atoms with Crippen LogP contribution in [0.2, 0.25) is 5.02 Å². The number of nitrogens with zero attached hydrogens (tertiary/aromatic N) is 3. The van der Waals surface area contributed by atoms with E-state index in [0.717, 1.165) is 17.0 Å². The highest BCUT2D eigenvalue weighted by Gasteiger charge is 2.35. The molecule has 6 nitrogen and oxygen atoms in total. The van der Waals surface area contributed by atoms with Gasteiger partial charge in [0.2, 0.25) is 16.9 Å². The molecule has 0 spiro atoms. The Bertz CT molecular complexity index is 875. The molecule has 0 saturated carbocycles. The van der Waals surface area contributed by atoms with Crippen molar-refractivity contribution >= 4 is 45.6 Å². The molecular formula is C19H23ClN4O2S. The summed E-state index contributed by atoms with van der Waals surface area (Å²) in [5.74, 6) is -0.712. The summed E-state index contributed by atoms with van der Waals surface area (Å²) in [5.41, 5.74) is 1.77. The van der Waals surface area contributed by atoms with Crippen LogP contribution in [0, 0.1) is 18.3 Å². The Morgan fingerprint density at radius 2 is 2.11 bits per heavy atom. The first kappa shape index (κ1) is 19.8. The predicted octanol–water partition coefficient (Wildman–Crippen LogP) is 4.08. The minimum absolute atomic E-state index is 0.0826. The molecule has 1 atom stereocenters. The first-order chi connectivity index (χ1) is 12.6. The fourth-order valence-electron chi connectivity index (χ4n) is 2.92. The van der Waals surface area contributed by atoms with Gasteiger partial charge in [-0.15, -0.1) is 10.2 Å². The maximum Gasteiger partial charge on any atom is 0.231 e. The number of anilines is 2. The number of rotatable bonds is 4. The largest absolute Gasteiger partial charge is 0.312 e. The summed E-state index contributed by atoms with van der Waals surface area (Å²) in [6, 6.07) is 5.48. The Kier molecular flexibility index (Phi) is 5.53. The summed E-state index contributed by atoms with van der Waals surface area (Å²) in [6.07, 6.45) is 0.968. The molecule has 1 aromatic carbocycles. The zero-order valence-electron chi connectivity index (χ0n) is 15.9. The van der Waals surface area contributed by atoms with Crippen LogP contribution in [0.15, 0.2) is 18.2 Å². The van der Waals surface area contributed by atoms with Crippen LogP contribution in [0.5, 0.6) is 0 Å². The van der Waals surface area contributed by atoms with Crippen molar-refractivity contribution in [1.29, 1.82) is 0 Å². The van der Waals surface area contributed by atoms with Gasteiger partial charge in [0, 0.05) is 30.1 Å². The molecule has 0 bridgehead atoms. The van der Waals surface area contributed by atoms with Gasteiger partial charge in [-0.1, -0.05) is 49.8 Å². The minimum atomic E-state index is -0.424. The first-order valence-corrected chi connectivity index (χ1v) is 10.0. The van der Waals surface area contributed by atoms with Crippen LogP contribution in [-0.2, 0) is 16.0 Å². The molecule has 1 aliphatic rings. The van der Waals surface area contributed by atoms with Gasteiger partial charge < -0.3 is 10.2 Å². The van der Waals surface area contributed by atoms with E-state index in [-0.39, 0.29) is 23.7 Å². The summed E-state index contributed by atoms with van der Waals surface area (Å²) in [7, 11) is 0. The number of hydrogen-bond acceptors (Lipinski definition) is 5. The number of amides is 2. The smallest absolute Gasteiger partial charge is 0.231 e. The van der Waals surface area contributed by atoms with Crippen molar-refractivity contribution in [3.63, 3.8) is 0 Å². The molecule has 2 heterocycles. The third-order valence-electron chi connectivity index (χ3n) is 4.34. The van der Waals surface area contributed by atoms with E-state index in [1.54, 1.807) is 11.0 Å². The second-order valence-electron chi connectivity index (χ2n) is 8.07. The van der Waals surface area contributed by atoms with Gasteiger partial charge in [-0.2, -0.15) is 0 Å². The monoisotopic (exact) mass is 406 g/mol. The molecule has 0 aliphatic carbocycles. The summed E-state index contributed by atoms with van der Waals surface area (Å²) in [6.45, 7) is 8.62. The van der Waals surface area contributed by atoms with Crippen molar-refractivity contribution in [2.45, 2.75) is 40.5 Å². The average molecular weight is 407 g/mol. The summed E-state index contributed by atoms with van der Waals surface area (Å²) in [5, 5.41) is 13.0. The number of carbonyl (C=O) groups excluding carboxylic acids is 2. The number of aryl methyl sites for hydroxylation is 1. The lowest BCUT2D eigenvalue weighted by molar-refractivity contribution is -0.122. The zero-order valence-corrected chi connectivity index (χ0v) is 17.4. The van der Waals surface area contributed by atoms with Gasteiger partial charge in [-0.25, -0.2) is 0 Å². The number of hydrogen-bond donors (Lipinski definition) is 1. The van der Waals surface area contributed by atoms with Crippen molar-refractivity contribution < 1.29 is 9.59 Å². The molecule has 1 N–H and O–H groups in total. The Labute approximate surface area is 167 Å². The van der Waals surface area contributed by atoms with Gasteiger partial charge in [0.1, 0.15) is 5.01 Å². The van der Waals surface area contributed by atoms with Gasteiger partial charge in [0.15, 0.2) is 0 Å². The molecule has 1 saturated heterocycles. The molecule has 2 amide bonds. The second-order valence-corrected chi connectivity index (χ2v) is 9.54. The van der Waals surface area contributed by atoms with E-state index in [1.165, 1.54) is 11.3 Å². The number of carbonyl (C=O) groups is 2. The quantitative estimate of drug-likeness (QED) is 0.830. The normalized spacial score (nSPS) is 17.4. The lowest BCUT2D eigenvalue weighted by Gasteiger charge is -2.17. The predicted molar refractivity (Wildman–Crippen MR) is 108 cm³/mol. The molecule has 0 unspecified atom stereocenters. The molecule has 1 aromatic heterocycles. The van der Waals surface area contributed by atoms with E-state index in [4.69, 9.17) is 11.6 Å². The van der Waals surface area contributed by atoms with Crippen molar-refractivity contribution in [2.24, 2.45) is 11.3 Å². The lowest BCUT2D eigenvalue weighted by Crippen LogP contribution is -2.28. The van der Waals surface area contributed by atoms with Gasteiger partial charge in [0.25, 0.3) is 0 Å². The Balaban J connectivity index is 1.64. The Morgan fingerprint density at radius 1 is 1.37 bits per heavy atom. The second kappa shape index (κ2) is 7.56. The Hall–Kier alpha value is -1.99. The standard InChI is InChI=1S/C19H23ClN4O2S/c1-11-5-6-13(8-14(11)20)24-10-12(7-16(24)25)17(26)21-18-23-22-15(27-18)9-19(2,3)4/h5-6,8,12H,7,9-10H2,1-4H3,(H,21,23,26)/t12-/m1/s1. The lowest BCUT2D eigenvalue weighted by atomic mass is 9.93. The van der Waals surface area contributed by atoms with E-state index >= 15 is 0 Å².